The van der Waals surface area contributed by atoms with E-state index in [1.807, 2.05) is 35.2 Å². The molecule has 0 aliphatic rings. The van der Waals surface area contributed by atoms with E-state index >= 15 is 0 Å². The third-order valence-electron chi connectivity index (χ3n) is 3.49. The Morgan fingerprint density at radius 2 is 2.05 bits per heavy atom. The lowest BCUT2D eigenvalue weighted by Crippen LogP contribution is -1.94. The summed E-state index contributed by atoms with van der Waals surface area (Å²) in [5.41, 5.74) is 5.34. The number of aromatic amines is 1. The van der Waals surface area contributed by atoms with Crippen molar-refractivity contribution < 1.29 is 0 Å². The van der Waals surface area contributed by atoms with Gasteiger partial charge in [-0.05, 0) is 18.6 Å². The van der Waals surface area contributed by atoms with Crippen molar-refractivity contribution in [3.8, 4) is 16.9 Å². The smallest absolute Gasteiger partial charge is 0.140 e. The normalized spacial score (nSPS) is 11.2. The first-order valence-electron chi connectivity index (χ1n) is 6.45. The van der Waals surface area contributed by atoms with Crippen LogP contribution in [0.25, 0.3) is 22.6 Å². The molecule has 4 aromatic rings. The molecule has 0 fully saturated rings. The number of para-hydroxylation sites is 1. The van der Waals surface area contributed by atoms with Crippen molar-refractivity contribution in [2.24, 2.45) is 0 Å². The number of hydrogen-bond donors (Lipinski definition) is 1. The zero-order valence-corrected chi connectivity index (χ0v) is 11.0. The topological polar surface area (TPSA) is 50.9 Å². The summed E-state index contributed by atoms with van der Waals surface area (Å²) in [7, 11) is 0. The lowest BCUT2D eigenvalue weighted by molar-refractivity contribution is 0.968. The molecular weight excluding hydrogens is 250 g/mol. The maximum atomic E-state index is 4.57. The molecule has 0 unspecified atom stereocenters. The van der Waals surface area contributed by atoms with Crippen LogP contribution in [-0.2, 0) is 0 Å². The number of aromatic nitrogens is 5. The third-order valence-corrected chi connectivity index (χ3v) is 3.49. The summed E-state index contributed by atoms with van der Waals surface area (Å²) >= 11 is 0. The zero-order chi connectivity index (χ0) is 13.5. The first kappa shape index (κ1) is 11.0. The lowest BCUT2D eigenvalue weighted by atomic mass is 10.2. The van der Waals surface area contributed by atoms with Gasteiger partial charge in [0.2, 0.25) is 0 Å². The Kier molecular flexibility index (Phi) is 2.26. The van der Waals surface area contributed by atoms with E-state index in [2.05, 4.69) is 45.0 Å². The number of benzene rings is 1. The van der Waals surface area contributed by atoms with Gasteiger partial charge < -0.3 is 0 Å². The van der Waals surface area contributed by atoms with Crippen molar-refractivity contribution in [2.45, 2.75) is 6.92 Å². The van der Waals surface area contributed by atoms with Crippen molar-refractivity contribution in [1.29, 1.82) is 0 Å². The fourth-order valence-corrected chi connectivity index (χ4v) is 2.45. The van der Waals surface area contributed by atoms with Gasteiger partial charge in [0.25, 0.3) is 0 Å². The Bertz CT molecular complexity index is 867. The second kappa shape index (κ2) is 4.09. The molecule has 5 heteroatoms. The third kappa shape index (κ3) is 1.56. The number of rotatable bonds is 2. The van der Waals surface area contributed by atoms with Gasteiger partial charge in [0.05, 0.1) is 11.9 Å². The van der Waals surface area contributed by atoms with Crippen LogP contribution in [0.5, 0.6) is 0 Å². The van der Waals surface area contributed by atoms with Gasteiger partial charge in [0, 0.05) is 35.9 Å². The highest BCUT2D eigenvalue weighted by molar-refractivity contribution is 5.64. The molecule has 0 radical (unpaired) electrons. The van der Waals surface area contributed by atoms with Crippen LogP contribution in [0.2, 0.25) is 0 Å². The molecule has 5 nitrogen and oxygen atoms in total. The number of fused-ring (bicyclic) bond motifs is 1. The quantitative estimate of drug-likeness (QED) is 0.604. The van der Waals surface area contributed by atoms with Crippen molar-refractivity contribution in [3.63, 3.8) is 0 Å². The molecule has 0 aliphatic heterocycles. The van der Waals surface area contributed by atoms with E-state index in [0.29, 0.717) is 0 Å². The highest BCUT2D eigenvalue weighted by atomic mass is 15.3. The van der Waals surface area contributed by atoms with Gasteiger partial charge >= 0.3 is 0 Å². The summed E-state index contributed by atoms with van der Waals surface area (Å²) in [6, 6.07) is 10.4. The first-order chi connectivity index (χ1) is 9.83. The Morgan fingerprint density at radius 3 is 2.85 bits per heavy atom. The van der Waals surface area contributed by atoms with Gasteiger partial charge in [-0.3, -0.25) is 9.67 Å². The number of nitrogens with zero attached hydrogens (tertiary/aromatic N) is 4. The minimum atomic E-state index is 0.914. The van der Waals surface area contributed by atoms with E-state index in [4.69, 9.17) is 0 Å². The van der Waals surface area contributed by atoms with E-state index in [0.717, 1.165) is 16.9 Å². The van der Waals surface area contributed by atoms with Crippen LogP contribution in [0.4, 0.5) is 0 Å². The summed E-state index contributed by atoms with van der Waals surface area (Å²) in [4.78, 5) is 0. The van der Waals surface area contributed by atoms with Crippen LogP contribution in [0.1, 0.15) is 5.56 Å². The summed E-state index contributed by atoms with van der Waals surface area (Å²) in [5, 5.41) is 11.3. The predicted octanol–water partition coefficient (Wildman–Crippen LogP) is 2.82. The number of H-pyrrole nitrogens is 1. The highest BCUT2D eigenvalue weighted by Crippen LogP contribution is 2.22. The summed E-state index contributed by atoms with van der Waals surface area (Å²) in [6.07, 6.45) is 7.62. The minimum absolute atomic E-state index is 0.914. The molecule has 0 amide bonds. The lowest BCUT2D eigenvalue weighted by Gasteiger charge is -2.06. The molecule has 0 aliphatic carbocycles. The molecule has 98 valence electrons. The molecule has 1 aromatic carbocycles. The first-order valence-corrected chi connectivity index (χ1v) is 6.45. The fourth-order valence-electron chi connectivity index (χ4n) is 2.45. The van der Waals surface area contributed by atoms with Crippen LogP contribution < -0.4 is 0 Å². The average molecular weight is 263 g/mol. The van der Waals surface area contributed by atoms with E-state index < -0.39 is 0 Å². The van der Waals surface area contributed by atoms with Crippen LogP contribution in [-0.4, -0.2) is 24.4 Å². The van der Waals surface area contributed by atoms with Crippen molar-refractivity contribution in [1.82, 2.24) is 24.4 Å². The number of hydrogen-bond acceptors (Lipinski definition) is 2. The maximum absolute atomic E-state index is 4.57. The van der Waals surface area contributed by atoms with Crippen molar-refractivity contribution in [3.05, 3.63) is 60.7 Å². The van der Waals surface area contributed by atoms with Crippen molar-refractivity contribution in [2.75, 3.05) is 0 Å². The Labute approximate surface area is 115 Å². The zero-order valence-electron chi connectivity index (χ0n) is 11.0. The summed E-state index contributed by atoms with van der Waals surface area (Å²) < 4.78 is 4.03. The summed E-state index contributed by atoms with van der Waals surface area (Å²) in [6.45, 7) is 2.11. The van der Waals surface area contributed by atoms with E-state index in [1.54, 1.807) is 6.20 Å². The molecule has 3 aromatic heterocycles. The highest BCUT2D eigenvalue weighted by Gasteiger charge is 2.10. The molecule has 0 atom stereocenters. The molecular formula is C15H13N5. The second-order valence-corrected chi connectivity index (χ2v) is 4.77. The van der Waals surface area contributed by atoms with Crippen LogP contribution >= 0.6 is 0 Å². The molecule has 0 spiro atoms. The average Bonchev–Trinajstić information content (AvgIpc) is 3.15. The van der Waals surface area contributed by atoms with Crippen LogP contribution in [0, 0.1) is 6.92 Å². The molecule has 0 bridgehead atoms. The van der Waals surface area contributed by atoms with Gasteiger partial charge in [0.1, 0.15) is 5.65 Å². The molecule has 1 N–H and O–H groups in total. The summed E-state index contributed by atoms with van der Waals surface area (Å²) in [5.74, 6) is 0. The molecule has 0 saturated heterocycles. The van der Waals surface area contributed by atoms with Crippen LogP contribution in [0.3, 0.4) is 0 Å². The van der Waals surface area contributed by atoms with Gasteiger partial charge in [0.15, 0.2) is 0 Å². The molecule has 20 heavy (non-hydrogen) atoms. The Balaban J connectivity index is 1.92. The van der Waals surface area contributed by atoms with Crippen LogP contribution in [0.15, 0.2) is 55.1 Å². The van der Waals surface area contributed by atoms with E-state index in [-0.39, 0.29) is 0 Å². The van der Waals surface area contributed by atoms with Gasteiger partial charge in [-0.2, -0.15) is 10.2 Å². The van der Waals surface area contributed by atoms with Crippen molar-refractivity contribution >= 4 is 5.65 Å². The van der Waals surface area contributed by atoms with Gasteiger partial charge in [-0.25, -0.2) is 4.52 Å². The SMILES string of the molecule is Cc1ccccc1-n1ccn2nc(-c3cn[nH]c3)cc12. The largest absolute Gasteiger partial charge is 0.300 e. The van der Waals surface area contributed by atoms with Gasteiger partial charge in [-0.1, -0.05) is 18.2 Å². The molecule has 4 rings (SSSR count). The predicted molar refractivity (Wildman–Crippen MR) is 76.8 cm³/mol. The Morgan fingerprint density at radius 1 is 1.15 bits per heavy atom. The standard InChI is InChI=1S/C15H13N5/c1-11-4-2-3-5-14(11)19-6-7-20-15(19)8-13(18-20)12-9-16-17-10-12/h2-10H,1H3,(H,16,17). The maximum Gasteiger partial charge on any atom is 0.140 e. The number of aryl methyl sites for hydroxylation is 1. The molecule has 3 heterocycles. The monoisotopic (exact) mass is 263 g/mol. The minimum Gasteiger partial charge on any atom is -0.300 e. The number of nitrogens with one attached hydrogen (secondary N) is 1. The molecule has 0 saturated carbocycles. The fraction of sp³-hybridized carbons (Fsp3) is 0.0667. The van der Waals surface area contributed by atoms with E-state index in [1.165, 1.54) is 11.3 Å². The second-order valence-electron chi connectivity index (χ2n) is 4.77. The Hall–Kier alpha value is -2.82. The van der Waals surface area contributed by atoms with Gasteiger partial charge in [-0.15, -0.1) is 0 Å². The number of imidazole rings is 1. The van der Waals surface area contributed by atoms with E-state index in [9.17, 15) is 0 Å².